The van der Waals surface area contributed by atoms with Crippen LogP contribution in [-0.2, 0) is 19.0 Å². The molecule has 0 spiro atoms. The van der Waals surface area contributed by atoms with Crippen molar-refractivity contribution in [3.8, 4) is 0 Å². The van der Waals surface area contributed by atoms with E-state index in [0.717, 1.165) is 5.56 Å². The van der Waals surface area contributed by atoms with Crippen molar-refractivity contribution in [2.75, 3.05) is 19.8 Å². The normalized spacial score (nSPS) is 27.8. The van der Waals surface area contributed by atoms with Crippen LogP contribution >= 0.6 is 22.6 Å². The topological polar surface area (TPSA) is 44.8 Å². The summed E-state index contributed by atoms with van der Waals surface area (Å²) >= 11 is 2.23. The second-order valence-electron chi connectivity index (χ2n) is 4.30. The molecule has 0 N–H and O–H groups in total. The van der Waals surface area contributed by atoms with E-state index < -0.39 is 0 Å². The number of esters is 1. The van der Waals surface area contributed by atoms with Crippen LogP contribution in [0.2, 0.25) is 0 Å². The molecular weight excluding hydrogens is 347 g/mol. The number of hydrogen-bond acceptors (Lipinski definition) is 4. The Morgan fingerprint density at radius 3 is 2.56 bits per heavy atom. The summed E-state index contributed by atoms with van der Waals surface area (Å²) in [7, 11) is 0. The van der Waals surface area contributed by atoms with Crippen LogP contribution in [0.1, 0.15) is 18.8 Å². The third kappa shape index (κ3) is 3.66. The Hall–Kier alpha value is -0.660. The van der Waals surface area contributed by atoms with Gasteiger partial charge in [0.1, 0.15) is 10.0 Å². The van der Waals surface area contributed by atoms with E-state index in [0.29, 0.717) is 19.8 Å². The van der Waals surface area contributed by atoms with E-state index >= 15 is 0 Å². The van der Waals surface area contributed by atoms with Gasteiger partial charge in [-0.3, -0.25) is 4.79 Å². The third-order valence-electron chi connectivity index (χ3n) is 2.59. The molecule has 1 fully saturated rings. The minimum atomic E-state index is -0.327. The van der Waals surface area contributed by atoms with Crippen molar-refractivity contribution in [1.29, 1.82) is 0 Å². The maximum atomic E-state index is 10.8. The van der Waals surface area contributed by atoms with Crippen LogP contribution in [-0.4, -0.2) is 29.2 Å². The molecule has 0 saturated carbocycles. The first-order valence-electron chi connectivity index (χ1n) is 5.69. The fourth-order valence-corrected chi connectivity index (χ4v) is 2.17. The molecule has 0 aromatic heterocycles. The second-order valence-corrected chi connectivity index (χ2v) is 6.58. The lowest BCUT2D eigenvalue weighted by atomic mass is 10.1. The first-order chi connectivity index (χ1) is 8.59. The largest absolute Gasteiger partial charge is 0.464 e. The van der Waals surface area contributed by atoms with Crippen LogP contribution in [0, 0.1) is 0 Å². The summed E-state index contributed by atoms with van der Waals surface area (Å²) in [4.78, 5) is 10.8. The van der Waals surface area contributed by atoms with Crippen LogP contribution in [0.5, 0.6) is 0 Å². The lowest BCUT2D eigenvalue weighted by molar-refractivity contribution is -0.200. The van der Waals surface area contributed by atoms with Crippen molar-refractivity contribution in [1.82, 2.24) is 0 Å². The summed E-state index contributed by atoms with van der Waals surface area (Å²) in [6.07, 6.45) is -0.327. The molecule has 18 heavy (non-hydrogen) atoms. The minimum Gasteiger partial charge on any atom is -0.464 e. The average Bonchev–Trinajstić information content (AvgIpc) is 2.39. The van der Waals surface area contributed by atoms with E-state index in [2.05, 4.69) is 22.6 Å². The van der Waals surface area contributed by atoms with Crippen molar-refractivity contribution >= 4 is 28.6 Å². The van der Waals surface area contributed by atoms with Crippen molar-refractivity contribution in [2.45, 2.75) is 16.6 Å². The van der Waals surface area contributed by atoms with Crippen molar-refractivity contribution < 1.29 is 19.0 Å². The minimum absolute atomic E-state index is 0.281. The molecule has 1 saturated heterocycles. The number of carbonyl (C=O) groups excluding carboxylic acids is 1. The molecular formula is C13H15IO4. The van der Waals surface area contributed by atoms with Gasteiger partial charge in [-0.15, -0.1) is 0 Å². The smallest absolute Gasteiger partial charge is 0.302 e. The Balaban J connectivity index is 1.89. The zero-order valence-electron chi connectivity index (χ0n) is 10.1. The number of alkyl halides is 1. The van der Waals surface area contributed by atoms with Gasteiger partial charge in [0, 0.05) is 12.5 Å². The maximum Gasteiger partial charge on any atom is 0.302 e. The van der Waals surface area contributed by atoms with Crippen molar-refractivity contribution in [3.63, 3.8) is 0 Å². The molecule has 1 aliphatic heterocycles. The van der Waals surface area contributed by atoms with Gasteiger partial charge >= 0.3 is 5.97 Å². The van der Waals surface area contributed by atoms with Gasteiger partial charge < -0.3 is 14.2 Å². The number of halogens is 1. The fraction of sp³-hybridized carbons (Fsp3) is 0.462. The van der Waals surface area contributed by atoms with E-state index in [9.17, 15) is 4.79 Å². The molecule has 1 heterocycles. The van der Waals surface area contributed by atoms with Gasteiger partial charge in [0.15, 0.2) is 6.29 Å². The molecule has 0 aliphatic carbocycles. The van der Waals surface area contributed by atoms with Gasteiger partial charge in [-0.25, -0.2) is 0 Å². The third-order valence-corrected chi connectivity index (χ3v) is 3.53. The SMILES string of the molecule is CC(=O)OCC1(I)COC(c2ccccc2)OC1. The summed E-state index contributed by atoms with van der Waals surface area (Å²) in [5.41, 5.74) is 1.00. The molecule has 0 unspecified atom stereocenters. The first kappa shape index (κ1) is 13.8. The predicted molar refractivity (Wildman–Crippen MR) is 74.5 cm³/mol. The van der Waals surface area contributed by atoms with Crippen LogP contribution in [0.25, 0.3) is 0 Å². The van der Waals surface area contributed by atoms with Gasteiger partial charge in [0.2, 0.25) is 0 Å². The predicted octanol–water partition coefficient (Wildman–Crippen LogP) is 2.47. The standard InChI is InChI=1S/C13H15IO4/c1-10(15)16-7-13(14)8-17-12(18-9-13)11-5-3-2-4-6-11/h2-6,12H,7-9H2,1H3. The van der Waals surface area contributed by atoms with Crippen LogP contribution in [0.3, 0.4) is 0 Å². The monoisotopic (exact) mass is 362 g/mol. The molecule has 0 bridgehead atoms. The molecule has 1 aromatic carbocycles. The van der Waals surface area contributed by atoms with E-state index in [4.69, 9.17) is 14.2 Å². The summed E-state index contributed by atoms with van der Waals surface area (Å²) in [6, 6.07) is 9.79. The highest BCUT2D eigenvalue weighted by Gasteiger charge is 2.36. The number of carbonyl (C=O) groups is 1. The molecule has 0 amide bonds. The highest BCUT2D eigenvalue weighted by atomic mass is 127. The summed E-state index contributed by atoms with van der Waals surface area (Å²) in [5.74, 6) is -0.281. The van der Waals surface area contributed by atoms with Crippen LogP contribution in [0.15, 0.2) is 30.3 Å². The highest BCUT2D eigenvalue weighted by molar-refractivity contribution is 14.1. The first-order valence-corrected chi connectivity index (χ1v) is 6.77. The molecule has 98 valence electrons. The second kappa shape index (κ2) is 5.99. The van der Waals surface area contributed by atoms with E-state index in [1.54, 1.807) is 0 Å². The van der Waals surface area contributed by atoms with E-state index in [1.807, 2.05) is 30.3 Å². The van der Waals surface area contributed by atoms with E-state index in [1.165, 1.54) is 6.92 Å². The lowest BCUT2D eigenvalue weighted by Crippen LogP contribution is -2.43. The Bertz CT molecular complexity index is 399. The molecule has 4 nitrogen and oxygen atoms in total. The van der Waals surface area contributed by atoms with Gasteiger partial charge in [0.05, 0.1) is 13.2 Å². The maximum absolute atomic E-state index is 10.8. The zero-order chi connectivity index (χ0) is 13.0. The van der Waals surface area contributed by atoms with Gasteiger partial charge in [-0.05, 0) is 0 Å². The lowest BCUT2D eigenvalue weighted by Gasteiger charge is -2.35. The number of hydrogen-bond donors (Lipinski definition) is 0. The van der Waals surface area contributed by atoms with Crippen molar-refractivity contribution in [3.05, 3.63) is 35.9 Å². The summed E-state index contributed by atoms with van der Waals surface area (Å²) in [6.45, 7) is 2.71. The fourth-order valence-electron chi connectivity index (χ4n) is 1.66. The van der Waals surface area contributed by atoms with Gasteiger partial charge in [-0.1, -0.05) is 52.9 Å². The molecule has 0 radical (unpaired) electrons. The zero-order valence-corrected chi connectivity index (χ0v) is 12.3. The van der Waals surface area contributed by atoms with Gasteiger partial charge in [-0.2, -0.15) is 0 Å². The molecule has 1 aliphatic rings. The summed E-state index contributed by atoms with van der Waals surface area (Å²) in [5, 5.41) is 0. The Labute approximate surface area is 120 Å². The number of benzene rings is 1. The molecule has 0 atom stereocenters. The Morgan fingerprint density at radius 2 is 2.00 bits per heavy atom. The van der Waals surface area contributed by atoms with Crippen molar-refractivity contribution in [2.24, 2.45) is 0 Å². The summed E-state index contributed by atoms with van der Waals surface area (Å²) < 4.78 is 16.1. The highest BCUT2D eigenvalue weighted by Crippen LogP contribution is 2.32. The Kier molecular flexibility index (Phi) is 4.58. The van der Waals surface area contributed by atoms with Gasteiger partial charge in [0.25, 0.3) is 0 Å². The number of rotatable bonds is 3. The molecule has 1 aromatic rings. The quantitative estimate of drug-likeness (QED) is 0.471. The average molecular weight is 362 g/mol. The van der Waals surface area contributed by atoms with Crippen LogP contribution < -0.4 is 0 Å². The molecule has 5 heteroatoms. The Morgan fingerprint density at radius 1 is 1.39 bits per heavy atom. The molecule has 2 rings (SSSR count). The van der Waals surface area contributed by atoms with E-state index in [-0.39, 0.29) is 15.7 Å². The van der Waals surface area contributed by atoms with Crippen LogP contribution in [0.4, 0.5) is 0 Å². The number of ether oxygens (including phenoxy) is 3.